The molecule has 0 saturated carbocycles. The molecule has 0 saturated heterocycles. The second-order valence-corrected chi connectivity index (χ2v) is 10.6. The number of aromatic carboxylic acids is 2. The number of hydrogen-bond donors (Lipinski definition) is 3. The first-order valence-electron chi connectivity index (χ1n) is 9.74. The summed E-state index contributed by atoms with van der Waals surface area (Å²) < 4.78 is 61.4. The Labute approximate surface area is 223 Å². The molecule has 0 atom stereocenters. The molecule has 0 amide bonds. The van der Waals surface area contributed by atoms with Crippen molar-refractivity contribution >= 4 is 25.2 Å². The number of halogens is 3. The van der Waals surface area contributed by atoms with Crippen LogP contribution in [-0.4, -0.2) is 88.6 Å². The summed E-state index contributed by atoms with van der Waals surface area (Å²) in [6.45, 7) is 0. The molecule has 0 unspecified atom stereocenters. The molecule has 1 heterocycles. The summed E-state index contributed by atoms with van der Waals surface area (Å²) in [6.07, 6.45) is -4.34. The topological polar surface area (TPSA) is 166 Å². The number of alkyl halides is 3. The molecule has 17 heteroatoms. The summed E-state index contributed by atoms with van der Waals surface area (Å²) in [5.74, 6) is -2.48. The van der Waals surface area contributed by atoms with Crippen LogP contribution < -0.4 is 0 Å². The molecular weight excluding hydrogens is 606 g/mol. The maximum absolute atomic E-state index is 12.1. The van der Waals surface area contributed by atoms with Crippen molar-refractivity contribution < 1.29 is 65.9 Å². The van der Waals surface area contributed by atoms with Crippen molar-refractivity contribution in [2.45, 2.75) is 6.18 Å². The van der Waals surface area contributed by atoms with Crippen LogP contribution >= 0.6 is 7.59 Å². The van der Waals surface area contributed by atoms with Crippen LogP contribution in [0.5, 0.6) is 0 Å². The molecule has 3 N–H and O–H groups in total. The van der Waals surface area contributed by atoms with Crippen molar-refractivity contribution in [2.24, 2.45) is 0 Å². The van der Waals surface area contributed by atoms with Gasteiger partial charge < -0.3 is 20.9 Å². The van der Waals surface area contributed by atoms with Crippen LogP contribution in [0.1, 0.15) is 26.5 Å². The normalized spacial score (nSPS) is 10.8. The van der Waals surface area contributed by atoms with Gasteiger partial charge in [-0.05, 0) is 54.4 Å². The Morgan fingerprint density at radius 3 is 1.41 bits per heavy atom. The molecule has 37 heavy (non-hydrogen) atoms. The van der Waals surface area contributed by atoms with E-state index in [0.717, 1.165) is 24.3 Å². The third-order valence-corrected chi connectivity index (χ3v) is 7.19. The van der Waals surface area contributed by atoms with Gasteiger partial charge in [-0.3, -0.25) is 4.57 Å². The third-order valence-electron chi connectivity index (χ3n) is 4.06. The fraction of sp³-hybridized carbons (Fsp3) is 0.350. The molecule has 2 aromatic rings. The van der Waals surface area contributed by atoms with Crippen molar-refractivity contribution in [1.29, 1.82) is 0 Å². The Hall–Kier alpha value is -2.54. The first-order chi connectivity index (χ1) is 17.0. The van der Waals surface area contributed by atoms with E-state index >= 15 is 0 Å². The van der Waals surface area contributed by atoms with E-state index in [1.807, 2.05) is 42.3 Å². The van der Waals surface area contributed by atoms with Gasteiger partial charge in [-0.1, -0.05) is 30.3 Å². The third kappa shape index (κ3) is 12.5. The van der Waals surface area contributed by atoms with Gasteiger partial charge in [0.05, 0.1) is 5.56 Å². The Balaban J connectivity index is 0. The number of nitrogens with zero attached hydrogens (tertiary/aromatic N) is 5. The zero-order valence-electron chi connectivity index (χ0n) is 20.7. The van der Waals surface area contributed by atoms with Gasteiger partial charge in [0, 0.05) is 0 Å². The van der Waals surface area contributed by atoms with Crippen molar-refractivity contribution in [3.8, 4) is 0 Å². The maximum atomic E-state index is 12.1. The van der Waals surface area contributed by atoms with E-state index in [4.69, 9.17) is 18.8 Å². The van der Waals surface area contributed by atoms with Gasteiger partial charge in [0.25, 0.3) is 7.59 Å². The van der Waals surface area contributed by atoms with E-state index in [-0.39, 0.29) is 17.1 Å². The van der Waals surface area contributed by atoms with Gasteiger partial charge in [-0.25, -0.2) is 28.6 Å². The van der Waals surface area contributed by atoms with Crippen LogP contribution in [0.4, 0.5) is 18.9 Å². The molecule has 0 bridgehead atoms. The minimum atomic E-state index is -4.34. The van der Waals surface area contributed by atoms with Gasteiger partial charge in [-0.15, -0.1) is 5.69 Å². The number of carboxylic acid groups (broad SMARTS) is 2. The molecule has 0 fully saturated rings. The molecule has 0 aliphatic rings. The standard InChI is InChI=1S/C7H5F3NO.C7H5NO4.C6H18N3OP.Mo.O/c8-7(9,10)5-1-3-6(11-12)4-2-5;9-6(10)4-2-1-3-5(8-4)7(11)12;1-7(2)11(10,8(3)4)9(5)6;;/h1-4,12H;1-3H,(H,9,10)(H,11,12);1-6H3;;/q-1;;;;. The predicted octanol–water partition coefficient (Wildman–Crippen LogP) is 4.24. The summed E-state index contributed by atoms with van der Waals surface area (Å²) in [4.78, 5) is 24.0. The molecule has 1 aromatic heterocycles. The molecule has 0 aliphatic carbocycles. The SMILES string of the molecule is CN(C)P(=O)(N(C)C)N(C)C.O=C(O)c1cccc(C(=O)O)n1.O[N-]c1ccc(C(F)(F)F)cc1.[O]=[Mo]. The Morgan fingerprint density at radius 1 is 0.838 bits per heavy atom. The predicted molar refractivity (Wildman–Crippen MR) is 124 cm³/mol. The number of rotatable bonds is 6. The summed E-state index contributed by atoms with van der Waals surface area (Å²) in [5.41, 5.74) is 1.53. The summed E-state index contributed by atoms with van der Waals surface area (Å²) in [5, 5.41) is 25.0. The number of carbonyl (C=O) groups is 2. The summed E-state index contributed by atoms with van der Waals surface area (Å²) in [6, 6.07) is 7.68. The number of carboxylic acids is 2. The van der Waals surface area contributed by atoms with Crippen LogP contribution in [-0.2, 0) is 33.9 Å². The van der Waals surface area contributed by atoms with E-state index in [1.165, 1.54) is 18.2 Å². The molecule has 12 nitrogen and oxygen atoms in total. The van der Waals surface area contributed by atoms with E-state index < -0.39 is 31.3 Å². The molecule has 2 rings (SSSR count). The van der Waals surface area contributed by atoms with Crippen molar-refractivity contribution in [1.82, 2.24) is 19.0 Å². The summed E-state index contributed by atoms with van der Waals surface area (Å²) >= 11 is 0.700. The van der Waals surface area contributed by atoms with Crippen LogP contribution in [0, 0.1) is 0 Å². The average molecular weight is 634 g/mol. The monoisotopic (exact) mass is 636 g/mol. The fourth-order valence-corrected chi connectivity index (χ4v) is 4.61. The van der Waals surface area contributed by atoms with E-state index in [2.05, 4.69) is 10.5 Å². The zero-order chi connectivity index (χ0) is 29.6. The number of pyridine rings is 1. The quantitative estimate of drug-likeness (QED) is 0.237. The zero-order valence-corrected chi connectivity index (χ0v) is 23.6. The van der Waals surface area contributed by atoms with Gasteiger partial charge in [0.1, 0.15) is 11.4 Å². The Bertz CT molecular complexity index is 984. The van der Waals surface area contributed by atoms with E-state index in [9.17, 15) is 27.3 Å². The van der Waals surface area contributed by atoms with Crippen LogP contribution in [0.2, 0.25) is 0 Å². The molecular formula is C20H28F3MoN5O7P-. The van der Waals surface area contributed by atoms with E-state index in [0.29, 0.717) is 19.8 Å². The van der Waals surface area contributed by atoms with Gasteiger partial charge in [0.15, 0.2) is 0 Å². The van der Waals surface area contributed by atoms with Crippen LogP contribution in [0.3, 0.4) is 0 Å². The second kappa shape index (κ2) is 17.1. The minimum absolute atomic E-state index is 0.100. The molecule has 208 valence electrons. The number of aromatic nitrogens is 1. The van der Waals surface area contributed by atoms with Crippen molar-refractivity contribution in [2.75, 3.05) is 42.3 Å². The molecule has 0 aliphatic heterocycles. The molecule has 0 radical (unpaired) electrons. The number of benzene rings is 1. The molecule has 0 spiro atoms. The van der Waals surface area contributed by atoms with Crippen molar-refractivity contribution in [3.63, 3.8) is 0 Å². The fourth-order valence-electron chi connectivity index (χ4n) is 2.46. The second-order valence-electron chi connectivity index (χ2n) is 7.22. The molecule has 1 aromatic carbocycles. The Morgan fingerprint density at radius 2 is 1.19 bits per heavy atom. The Kier molecular flexibility index (Phi) is 16.9. The van der Waals surface area contributed by atoms with E-state index in [1.54, 1.807) is 14.0 Å². The van der Waals surface area contributed by atoms with Gasteiger partial charge in [-0.2, -0.15) is 13.2 Å². The van der Waals surface area contributed by atoms with Crippen LogP contribution in [0.25, 0.3) is 5.48 Å². The van der Waals surface area contributed by atoms with Crippen LogP contribution in [0.15, 0.2) is 42.5 Å². The van der Waals surface area contributed by atoms with Crippen molar-refractivity contribution in [3.05, 3.63) is 64.9 Å². The number of hydrogen-bond acceptors (Lipinski definition) is 6. The van der Waals surface area contributed by atoms with Gasteiger partial charge >= 0.3 is 41.3 Å². The van der Waals surface area contributed by atoms with Gasteiger partial charge in [0.2, 0.25) is 0 Å². The first-order valence-corrected chi connectivity index (χ1v) is 12.1. The average Bonchev–Trinajstić information content (AvgIpc) is 2.84. The summed E-state index contributed by atoms with van der Waals surface area (Å²) in [7, 11) is 8.49. The first kappa shape index (κ1) is 36.6.